The van der Waals surface area contributed by atoms with Crippen LogP contribution in [-0.4, -0.2) is 119 Å². The molecule has 5 heterocycles. The Balaban J connectivity index is 0.824. The maximum absolute atomic E-state index is 13.2. The number of carbonyl (C=O) groups excluding carboxylic acids is 6. The van der Waals surface area contributed by atoms with Gasteiger partial charge in [0.2, 0.25) is 17.7 Å². The lowest BCUT2D eigenvalue weighted by Crippen LogP contribution is -2.54. The lowest BCUT2D eigenvalue weighted by Gasteiger charge is -2.27. The molecule has 19 heteroatoms. The zero-order valence-corrected chi connectivity index (χ0v) is 29.2. The molecule has 4 N–H and O–H groups in total. The maximum Gasteiger partial charge on any atom is 0.277 e. The van der Waals surface area contributed by atoms with E-state index in [0.717, 1.165) is 4.90 Å². The lowest BCUT2D eigenvalue weighted by atomic mass is 10.0. The van der Waals surface area contributed by atoms with E-state index in [1.807, 2.05) is 0 Å². The van der Waals surface area contributed by atoms with Crippen molar-refractivity contribution in [1.29, 1.82) is 0 Å². The molecule has 3 aromatic heterocycles. The summed E-state index contributed by atoms with van der Waals surface area (Å²) in [6, 6.07) is 7.21. The number of anilines is 2. The largest absolute Gasteiger partial charge is 0.444 e. The van der Waals surface area contributed by atoms with Crippen molar-refractivity contribution >= 4 is 46.8 Å². The van der Waals surface area contributed by atoms with Crippen LogP contribution in [-0.2, 0) is 30.8 Å². The molecule has 0 spiro atoms. The van der Waals surface area contributed by atoms with Gasteiger partial charge in [-0.05, 0) is 30.7 Å². The number of hydrogen-bond acceptors (Lipinski definition) is 14. The van der Waals surface area contributed by atoms with Gasteiger partial charge in [0.15, 0.2) is 11.4 Å². The number of nitrogens with zero attached hydrogens (tertiary/aromatic N) is 5. The molecule has 1 atom stereocenters. The summed E-state index contributed by atoms with van der Waals surface area (Å²) in [7, 11) is 1.62. The Bertz CT molecular complexity index is 2030. The van der Waals surface area contributed by atoms with Crippen LogP contribution in [0.2, 0.25) is 0 Å². The number of oxazole rings is 1. The summed E-state index contributed by atoms with van der Waals surface area (Å²) in [6.07, 6.45) is 6.02. The molecule has 0 saturated carbocycles. The molecule has 2 aliphatic heterocycles. The van der Waals surface area contributed by atoms with Gasteiger partial charge in [0.25, 0.3) is 23.6 Å². The highest BCUT2D eigenvalue weighted by Gasteiger charge is 2.45. The lowest BCUT2D eigenvalue weighted by molar-refractivity contribution is -0.136. The average Bonchev–Trinajstić information content (AvgIpc) is 3.87. The van der Waals surface area contributed by atoms with E-state index in [2.05, 4.69) is 36.3 Å². The van der Waals surface area contributed by atoms with Crippen molar-refractivity contribution in [3.63, 3.8) is 0 Å². The van der Waals surface area contributed by atoms with Crippen LogP contribution in [0, 0.1) is 0 Å². The van der Waals surface area contributed by atoms with Gasteiger partial charge >= 0.3 is 0 Å². The number of carbonyl (C=O) groups is 6. The highest BCUT2D eigenvalue weighted by Crippen LogP contribution is 2.32. The molecule has 0 bridgehead atoms. The van der Waals surface area contributed by atoms with Gasteiger partial charge in [0.05, 0.1) is 56.5 Å². The van der Waals surface area contributed by atoms with Crippen LogP contribution in [0.4, 0.5) is 11.4 Å². The van der Waals surface area contributed by atoms with Crippen LogP contribution in [0.25, 0.3) is 11.5 Å². The summed E-state index contributed by atoms with van der Waals surface area (Å²) in [6.45, 7) is 2.22. The number of amides is 6. The highest BCUT2D eigenvalue weighted by molar-refractivity contribution is 6.25. The minimum Gasteiger partial charge on any atom is -0.444 e. The number of hydrogen-bond donors (Lipinski definition) is 4. The summed E-state index contributed by atoms with van der Waals surface area (Å²) in [5, 5.41) is 14.8. The van der Waals surface area contributed by atoms with Crippen molar-refractivity contribution in [3.8, 4) is 11.5 Å². The van der Waals surface area contributed by atoms with Crippen molar-refractivity contribution in [3.05, 3.63) is 77.7 Å². The first-order valence-electron chi connectivity index (χ1n) is 17.0. The smallest absolute Gasteiger partial charge is 0.277 e. The summed E-state index contributed by atoms with van der Waals surface area (Å²) in [5.74, 6) is -3.07. The van der Waals surface area contributed by atoms with Crippen LogP contribution in [0.1, 0.15) is 54.5 Å². The van der Waals surface area contributed by atoms with E-state index in [1.165, 1.54) is 23.2 Å². The number of benzene rings is 1. The number of pyridine rings is 1. The molecule has 54 heavy (non-hydrogen) atoms. The summed E-state index contributed by atoms with van der Waals surface area (Å²) < 4.78 is 23.4. The van der Waals surface area contributed by atoms with Crippen molar-refractivity contribution in [2.24, 2.45) is 7.05 Å². The third-order valence-electron chi connectivity index (χ3n) is 8.26. The van der Waals surface area contributed by atoms with E-state index in [-0.39, 0.29) is 73.3 Å². The number of ether oxygens (including phenoxy) is 3. The van der Waals surface area contributed by atoms with Crippen LogP contribution >= 0.6 is 0 Å². The van der Waals surface area contributed by atoms with Gasteiger partial charge in [-0.2, -0.15) is 5.10 Å². The fraction of sp³-hybridized carbons (Fsp3) is 0.343. The van der Waals surface area contributed by atoms with Gasteiger partial charge in [-0.25, -0.2) is 4.98 Å². The zero-order valence-electron chi connectivity index (χ0n) is 29.2. The molecule has 282 valence electrons. The molecule has 0 aliphatic carbocycles. The first-order chi connectivity index (χ1) is 26.2. The van der Waals surface area contributed by atoms with E-state index < -0.39 is 41.5 Å². The van der Waals surface area contributed by atoms with Gasteiger partial charge in [0, 0.05) is 56.4 Å². The minimum absolute atomic E-state index is 0.0231. The van der Waals surface area contributed by atoms with Crippen molar-refractivity contribution in [2.75, 3.05) is 63.4 Å². The standard InChI is InChI=1S/C35H37N9O10/c1-43-19-24(39-30(46)25-20-54-33(40-25)21-7-9-36-10-8-21)29(42-43)32(48)38-12-14-52-16-18-53-17-15-51-13-11-37-23-4-2-3-22-28(23)35(50)44(34(22)49)26-5-6-27(45)41-31(26)47/h2-4,7-10,19-20,26,37H,5-6,11-18H2,1H3,(H,38,48)(H,39,46)(H,41,45,47). The monoisotopic (exact) mass is 743 g/mol. The molecule has 1 aromatic carbocycles. The van der Waals surface area contributed by atoms with Crippen LogP contribution in [0.5, 0.6) is 0 Å². The van der Waals surface area contributed by atoms with E-state index in [0.29, 0.717) is 37.6 Å². The fourth-order valence-corrected chi connectivity index (χ4v) is 5.72. The number of nitrogens with one attached hydrogen (secondary N) is 4. The first kappa shape index (κ1) is 37.4. The van der Waals surface area contributed by atoms with E-state index in [4.69, 9.17) is 18.6 Å². The molecule has 19 nitrogen and oxygen atoms in total. The second kappa shape index (κ2) is 17.5. The Morgan fingerprint density at radius 2 is 1.63 bits per heavy atom. The van der Waals surface area contributed by atoms with Gasteiger partial charge in [0.1, 0.15) is 12.3 Å². The highest BCUT2D eigenvalue weighted by atomic mass is 16.5. The van der Waals surface area contributed by atoms with Crippen molar-refractivity contribution in [1.82, 2.24) is 35.3 Å². The second-order valence-corrected chi connectivity index (χ2v) is 12.0. The molecule has 6 amide bonds. The van der Waals surface area contributed by atoms with Crippen LogP contribution < -0.4 is 21.3 Å². The van der Waals surface area contributed by atoms with Crippen LogP contribution in [0.3, 0.4) is 0 Å². The van der Waals surface area contributed by atoms with E-state index in [1.54, 1.807) is 43.7 Å². The molecule has 0 radical (unpaired) electrons. The molecule has 2 aliphatic rings. The minimum atomic E-state index is -1.04. The molecule has 4 aromatic rings. The average molecular weight is 744 g/mol. The topological polar surface area (TPSA) is 238 Å². The fourth-order valence-electron chi connectivity index (χ4n) is 5.72. The molecule has 6 rings (SSSR count). The Morgan fingerprint density at radius 3 is 2.37 bits per heavy atom. The zero-order chi connectivity index (χ0) is 38.0. The number of rotatable bonds is 18. The predicted molar refractivity (Wildman–Crippen MR) is 187 cm³/mol. The second-order valence-electron chi connectivity index (χ2n) is 12.0. The number of piperidine rings is 1. The number of aryl methyl sites for hydroxylation is 1. The van der Waals surface area contributed by atoms with Gasteiger partial charge < -0.3 is 34.6 Å². The third-order valence-corrected chi connectivity index (χ3v) is 8.26. The first-order valence-corrected chi connectivity index (χ1v) is 17.0. The molecule has 1 fully saturated rings. The molecule has 1 saturated heterocycles. The molecular weight excluding hydrogens is 706 g/mol. The van der Waals surface area contributed by atoms with Gasteiger partial charge in [-0.1, -0.05) is 6.07 Å². The summed E-state index contributed by atoms with van der Waals surface area (Å²) in [4.78, 5) is 84.7. The van der Waals surface area contributed by atoms with Crippen molar-refractivity contribution < 1.29 is 47.4 Å². The van der Waals surface area contributed by atoms with Gasteiger partial charge in [-0.3, -0.25) is 48.6 Å². The summed E-state index contributed by atoms with van der Waals surface area (Å²) >= 11 is 0. The SMILES string of the molecule is Cn1cc(NC(=O)c2coc(-c3ccncc3)n2)c(C(=O)NCCOCCOCCOCCNc2cccc3c2C(=O)N(C2CCC(=O)NC2=O)C3=O)n1. The summed E-state index contributed by atoms with van der Waals surface area (Å²) in [5.41, 5.74) is 1.74. The van der Waals surface area contributed by atoms with Crippen molar-refractivity contribution in [2.45, 2.75) is 18.9 Å². The van der Waals surface area contributed by atoms with E-state index >= 15 is 0 Å². The maximum atomic E-state index is 13.2. The van der Waals surface area contributed by atoms with E-state index in [9.17, 15) is 28.8 Å². The van der Waals surface area contributed by atoms with Crippen LogP contribution in [0.15, 0.2) is 59.6 Å². The quantitative estimate of drug-likeness (QED) is 0.0823. The Hall–Kier alpha value is -6.31. The van der Waals surface area contributed by atoms with Gasteiger partial charge in [-0.15, -0.1) is 0 Å². The molecular formula is C35H37N9O10. The number of aromatic nitrogens is 4. The third kappa shape index (κ3) is 8.82. The normalized spacial score (nSPS) is 15.3. The Morgan fingerprint density at radius 1 is 0.907 bits per heavy atom. The predicted octanol–water partition coefficient (Wildman–Crippen LogP) is 1.02. The molecule has 1 unspecified atom stereocenters. The number of fused-ring (bicyclic) bond motifs is 1. The number of imide groups is 2. The Kier molecular flexibility index (Phi) is 12.1. The Labute approximate surface area is 307 Å².